The van der Waals surface area contributed by atoms with Crippen LogP contribution in [0.2, 0.25) is 0 Å². The highest BCUT2D eigenvalue weighted by molar-refractivity contribution is 6.00. The van der Waals surface area contributed by atoms with Crippen LogP contribution in [0.4, 0.5) is 5.69 Å². The number of hydrogen-bond acceptors (Lipinski definition) is 4. The number of fused-ring (bicyclic) bond motifs is 1. The van der Waals surface area contributed by atoms with Crippen LogP contribution in [0.1, 0.15) is 45.8 Å². The van der Waals surface area contributed by atoms with Crippen molar-refractivity contribution in [2.75, 3.05) is 11.4 Å². The fourth-order valence-electron chi connectivity index (χ4n) is 3.34. The molecule has 3 rings (SSSR count). The minimum atomic E-state index is -0.447. The Morgan fingerprint density at radius 2 is 2.12 bits per heavy atom. The molecule has 2 heterocycles. The summed E-state index contributed by atoms with van der Waals surface area (Å²) in [6, 6.07) is 5.38. The standard InChI is InChI=1S/C18H21N3O3/c1-11-13(12(2)24-20-11)8-9-17(22)21-10-4-6-14-15(18(19)23)5-3-7-16(14)21/h3,5,7H,4,6,8-10H2,1-2H3,(H2,19,23). The summed E-state index contributed by atoms with van der Waals surface area (Å²) in [5, 5.41) is 3.92. The van der Waals surface area contributed by atoms with Crippen molar-refractivity contribution in [2.24, 2.45) is 5.73 Å². The lowest BCUT2D eigenvalue weighted by molar-refractivity contribution is -0.118. The lowest BCUT2D eigenvalue weighted by atomic mass is 9.95. The van der Waals surface area contributed by atoms with E-state index in [4.69, 9.17) is 10.3 Å². The van der Waals surface area contributed by atoms with Gasteiger partial charge in [-0.05, 0) is 50.8 Å². The van der Waals surface area contributed by atoms with Crippen molar-refractivity contribution in [3.05, 3.63) is 46.3 Å². The Kier molecular flexibility index (Phi) is 4.38. The quantitative estimate of drug-likeness (QED) is 0.933. The number of aryl methyl sites for hydroxylation is 2. The lowest BCUT2D eigenvalue weighted by Crippen LogP contribution is -2.36. The third-order valence-corrected chi connectivity index (χ3v) is 4.59. The summed E-state index contributed by atoms with van der Waals surface area (Å²) in [5.41, 5.74) is 9.47. The summed E-state index contributed by atoms with van der Waals surface area (Å²) in [6.45, 7) is 4.40. The lowest BCUT2D eigenvalue weighted by Gasteiger charge is -2.30. The number of nitrogens with two attached hydrogens (primary N) is 1. The van der Waals surface area contributed by atoms with Crippen molar-refractivity contribution in [2.45, 2.75) is 39.5 Å². The molecule has 6 nitrogen and oxygen atoms in total. The zero-order chi connectivity index (χ0) is 17.3. The number of carbonyl (C=O) groups is 2. The molecule has 0 radical (unpaired) electrons. The van der Waals surface area contributed by atoms with Crippen LogP contribution in [-0.4, -0.2) is 23.5 Å². The van der Waals surface area contributed by atoms with Crippen LogP contribution in [0.15, 0.2) is 22.7 Å². The van der Waals surface area contributed by atoms with Gasteiger partial charge in [0.15, 0.2) is 0 Å². The van der Waals surface area contributed by atoms with Crippen LogP contribution in [0.3, 0.4) is 0 Å². The van der Waals surface area contributed by atoms with Gasteiger partial charge >= 0.3 is 0 Å². The van der Waals surface area contributed by atoms with Gasteiger partial charge in [-0.25, -0.2) is 0 Å². The molecule has 0 bridgehead atoms. The van der Waals surface area contributed by atoms with Crippen molar-refractivity contribution >= 4 is 17.5 Å². The van der Waals surface area contributed by atoms with Crippen LogP contribution >= 0.6 is 0 Å². The van der Waals surface area contributed by atoms with E-state index in [0.29, 0.717) is 24.9 Å². The number of amides is 2. The molecule has 0 aliphatic carbocycles. The van der Waals surface area contributed by atoms with Crippen LogP contribution < -0.4 is 10.6 Å². The summed E-state index contributed by atoms with van der Waals surface area (Å²) in [5.74, 6) is 0.352. The van der Waals surface area contributed by atoms with Crippen LogP contribution in [0.5, 0.6) is 0 Å². The fraction of sp³-hybridized carbons (Fsp3) is 0.389. The van der Waals surface area contributed by atoms with Crippen LogP contribution in [-0.2, 0) is 17.6 Å². The molecule has 0 fully saturated rings. The molecule has 1 aromatic heterocycles. The second-order valence-electron chi connectivity index (χ2n) is 6.12. The SMILES string of the molecule is Cc1noc(C)c1CCC(=O)N1CCCc2c(C(N)=O)cccc21. The average Bonchev–Trinajstić information content (AvgIpc) is 2.89. The summed E-state index contributed by atoms with van der Waals surface area (Å²) in [7, 11) is 0. The zero-order valence-electron chi connectivity index (χ0n) is 14.0. The zero-order valence-corrected chi connectivity index (χ0v) is 14.0. The molecular weight excluding hydrogens is 306 g/mol. The minimum Gasteiger partial charge on any atom is -0.366 e. The minimum absolute atomic E-state index is 0.0394. The van der Waals surface area contributed by atoms with Crippen molar-refractivity contribution in [3.63, 3.8) is 0 Å². The van der Waals surface area contributed by atoms with E-state index in [2.05, 4.69) is 5.16 Å². The smallest absolute Gasteiger partial charge is 0.249 e. The molecule has 2 amide bonds. The number of anilines is 1. The van der Waals surface area contributed by atoms with Crippen LogP contribution in [0, 0.1) is 13.8 Å². The van der Waals surface area contributed by atoms with Gasteiger partial charge in [0.05, 0.1) is 5.69 Å². The molecule has 0 spiro atoms. The van der Waals surface area contributed by atoms with Gasteiger partial charge < -0.3 is 15.2 Å². The second-order valence-corrected chi connectivity index (χ2v) is 6.12. The summed E-state index contributed by atoms with van der Waals surface area (Å²) < 4.78 is 5.15. The van der Waals surface area contributed by atoms with E-state index in [-0.39, 0.29) is 5.91 Å². The Hall–Kier alpha value is -2.63. The Morgan fingerprint density at radius 1 is 1.33 bits per heavy atom. The highest BCUT2D eigenvalue weighted by Gasteiger charge is 2.25. The molecule has 1 aliphatic heterocycles. The van der Waals surface area contributed by atoms with Gasteiger partial charge in [0.25, 0.3) is 0 Å². The topological polar surface area (TPSA) is 89.4 Å². The van der Waals surface area contributed by atoms with Crippen LogP contribution in [0.25, 0.3) is 0 Å². The third kappa shape index (κ3) is 2.91. The molecular formula is C18H21N3O3. The van der Waals surface area contributed by atoms with E-state index in [1.165, 1.54) is 0 Å². The maximum absolute atomic E-state index is 12.7. The Morgan fingerprint density at radius 3 is 2.79 bits per heavy atom. The number of nitrogens with zero attached hydrogens (tertiary/aromatic N) is 2. The van der Waals surface area contributed by atoms with Gasteiger partial charge in [-0.15, -0.1) is 0 Å². The molecule has 1 aromatic carbocycles. The highest BCUT2D eigenvalue weighted by atomic mass is 16.5. The highest BCUT2D eigenvalue weighted by Crippen LogP contribution is 2.30. The first-order valence-electron chi connectivity index (χ1n) is 8.13. The summed E-state index contributed by atoms with van der Waals surface area (Å²) >= 11 is 0. The number of aromatic nitrogens is 1. The largest absolute Gasteiger partial charge is 0.366 e. The third-order valence-electron chi connectivity index (χ3n) is 4.59. The van der Waals surface area contributed by atoms with E-state index in [1.807, 2.05) is 19.9 Å². The number of rotatable bonds is 4. The maximum Gasteiger partial charge on any atom is 0.249 e. The second kappa shape index (κ2) is 6.47. The fourth-order valence-corrected chi connectivity index (χ4v) is 3.34. The monoisotopic (exact) mass is 327 g/mol. The van der Waals surface area contributed by atoms with Gasteiger partial charge in [-0.3, -0.25) is 9.59 Å². The van der Waals surface area contributed by atoms with E-state index in [0.717, 1.165) is 41.1 Å². The number of benzene rings is 1. The van der Waals surface area contributed by atoms with Crippen molar-refractivity contribution in [1.82, 2.24) is 5.16 Å². The molecule has 24 heavy (non-hydrogen) atoms. The molecule has 126 valence electrons. The Bertz CT molecular complexity index is 775. The predicted octanol–water partition coefficient (Wildman–Crippen LogP) is 2.30. The number of carbonyl (C=O) groups excluding carboxylic acids is 2. The normalized spacial score (nSPS) is 13.7. The van der Waals surface area contributed by atoms with E-state index >= 15 is 0 Å². The number of primary amides is 1. The Balaban J connectivity index is 1.80. The molecule has 2 N–H and O–H groups in total. The maximum atomic E-state index is 12.7. The van der Waals surface area contributed by atoms with Crippen molar-refractivity contribution in [1.29, 1.82) is 0 Å². The molecule has 6 heteroatoms. The Labute approximate surface area is 140 Å². The van der Waals surface area contributed by atoms with Gasteiger partial charge in [0, 0.05) is 29.8 Å². The number of hydrogen-bond donors (Lipinski definition) is 1. The van der Waals surface area contributed by atoms with Gasteiger partial charge in [-0.1, -0.05) is 11.2 Å². The molecule has 0 saturated carbocycles. The van der Waals surface area contributed by atoms with Gasteiger partial charge in [-0.2, -0.15) is 0 Å². The molecule has 0 atom stereocenters. The first kappa shape index (κ1) is 16.2. The predicted molar refractivity (Wildman–Crippen MR) is 89.9 cm³/mol. The van der Waals surface area contributed by atoms with Gasteiger partial charge in [0.1, 0.15) is 5.76 Å². The van der Waals surface area contributed by atoms with E-state index in [9.17, 15) is 9.59 Å². The summed E-state index contributed by atoms with van der Waals surface area (Å²) in [6.07, 6.45) is 2.57. The molecule has 2 aromatic rings. The molecule has 0 unspecified atom stereocenters. The molecule has 1 aliphatic rings. The van der Waals surface area contributed by atoms with E-state index in [1.54, 1.807) is 17.0 Å². The summed E-state index contributed by atoms with van der Waals surface area (Å²) in [4.78, 5) is 26.1. The van der Waals surface area contributed by atoms with Crippen molar-refractivity contribution in [3.8, 4) is 0 Å². The average molecular weight is 327 g/mol. The van der Waals surface area contributed by atoms with Crippen molar-refractivity contribution < 1.29 is 14.1 Å². The first-order chi connectivity index (χ1) is 11.5. The first-order valence-corrected chi connectivity index (χ1v) is 8.13. The van der Waals surface area contributed by atoms with E-state index < -0.39 is 5.91 Å². The molecule has 0 saturated heterocycles. The van der Waals surface area contributed by atoms with Gasteiger partial charge in [0.2, 0.25) is 11.8 Å².